The number of fused-ring (bicyclic) bond motifs is 1. The van der Waals surface area contributed by atoms with E-state index in [1.165, 1.54) is 11.4 Å². The molecule has 2 rings (SSSR count). The van der Waals surface area contributed by atoms with Crippen LogP contribution in [0.5, 0.6) is 0 Å². The van der Waals surface area contributed by atoms with Gasteiger partial charge in [0.15, 0.2) is 0 Å². The summed E-state index contributed by atoms with van der Waals surface area (Å²) in [5.74, 6) is -0.429. The summed E-state index contributed by atoms with van der Waals surface area (Å²) >= 11 is 0. The maximum absolute atomic E-state index is 12.3. The minimum absolute atomic E-state index is 0.0419. The molecule has 0 radical (unpaired) electrons. The summed E-state index contributed by atoms with van der Waals surface area (Å²) in [6.45, 7) is 0.780. The lowest BCUT2D eigenvalue weighted by atomic mass is 9.99. The van der Waals surface area contributed by atoms with Crippen molar-refractivity contribution in [2.45, 2.75) is 25.8 Å². The fourth-order valence-corrected chi connectivity index (χ4v) is 3.95. The first-order valence-corrected chi connectivity index (χ1v) is 8.46. The molecule has 1 aromatic rings. The molecule has 116 valence electrons. The van der Waals surface area contributed by atoms with Crippen LogP contribution in [0.15, 0.2) is 18.2 Å². The number of anilines is 1. The molecular formula is C14H20N2O4S. The van der Waals surface area contributed by atoms with E-state index in [0.717, 1.165) is 16.8 Å². The standard InChI is InChI=1S/C14H20N2O4S/c1-20-14(17)6-3-9-21(18,19)16-8-7-12-11(10-16)4-2-5-13(12)15/h2,4-5H,3,6-10,15H2,1H3. The summed E-state index contributed by atoms with van der Waals surface area (Å²) in [6.07, 6.45) is 1.01. The summed E-state index contributed by atoms with van der Waals surface area (Å²) in [5.41, 5.74) is 8.62. The minimum atomic E-state index is -3.36. The van der Waals surface area contributed by atoms with Gasteiger partial charge in [-0.1, -0.05) is 12.1 Å². The van der Waals surface area contributed by atoms with Crippen molar-refractivity contribution in [3.63, 3.8) is 0 Å². The lowest BCUT2D eigenvalue weighted by Gasteiger charge is -2.28. The number of carbonyl (C=O) groups excluding carboxylic acids is 1. The van der Waals surface area contributed by atoms with Crippen LogP contribution in [-0.2, 0) is 32.5 Å². The fourth-order valence-electron chi connectivity index (χ4n) is 2.48. The third kappa shape index (κ3) is 3.74. The summed E-state index contributed by atoms with van der Waals surface area (Å²) in [7, 11) is -2.06. The zero-order valence-electron chi connectivity index (χ0n) is 12.0. The second-order valence-corrected chi connectivity index (χ2v) is 7.15. The first-order valence-electron chi connectivity index (χ1n) is 6.85. The number of esters is 1. The Labute approximate surface area is 124 Å². The first-order chi connectivity index (χ1) is 9.94. The van der Waals surface area contributed by atoms with Crippen molar-refractivity contribution in [3.05, 3.63) is 29.3 Å². The van der Waals surface area contributed by atoms with E-state index >= 15 is 0 Å². The molecule has 1 heterocycles. The predicted molar refractivity (Wildman–Crippen MR) is 80.0 cm³/mol. The number of benzene rings is 1. The van der Waals surface area contributed by atoms with Crippen molar-refractivity contribution in [3.8, 4) is 0 Å². The van der Waals surface area contributed by atoms with Crippen LogP contribution in [0.4, 0.5) is 5.69 Å². The maximum Gasteiger partial charge on any atom is 0.305 e. The second kappa shape index (κ2) is 6.44. The molecular weight excluding hydrogens is 292 g/mol. The van der Waals surface area contributed by atoms with Gasteiger partial charge in [0.1, 0.15) is 0 Å². The van der Waals surface area contributed by atoms with E-state index in [0.29, 0.717) is 19.5 Å². The quantitative estimate of drug-likeness (QED) is 0.645. The lowest BCUT2D eigenvalue weighted by molar-refractivity contribution is -0.140. The molecule has 0 aromatic heterocycles. The molecule has 0 saturated carbocycles. The molecule has 0 fully saturated rings. The normalized spacial score (nSPS) is 15.5. The van der Waals surface area contributed by atoms with Crippen molar-refractivity contribution in [2.24, 2.45) is 0 Å². The minimum Gasteiger partial charge on any atom is -0.469 e. The molecule has 2 N–H and O–H groups in total. The molecule has 6 nitrogen and oxygen atoms in total. The highest BCUT2D eigenvalue weighted by molar-refractivity contribution is 7.89. The Balaban J connectivity index is 2.01. The van der Waals surface area contributed by atoms with Crippen LogP contribution in [-0.4, -0.2) is 38.1 Å². The summed E-state index contributed by atoms with van der Waals surface area (Å²) in [6, 6.07) is 5.57. The van der Waals surface area contributed by atoms with Gasteiger partial charge in [-0.3, -0.25) is 4.79 Å². The van der Waals surface area contributed by atoms with Crippen molar-refractivity contribution < 1.29 is 17.9 Å². The van der Waals surface area contributed by atoms with Gasteiger partial charge in [0.05, 0.1) is 12.9 Å². The van der Waals surface area contributed by atoms with Crippen LogP contribution in [0.25, 0.3) is 0 Å². The zero-order chi connectivity index (χ0) is 15.5. The second-order valence-electron chi connectivity index (χ2n) is 5.06. The van der Waals surface area contributed by atoms with Gasteiger partial charge in [-0.05, 0) is 30.0 Å². The Hall–Kier alpha value is -1.60. The van der Waals surface area contributed by atoms with E-state index in [9.17, 15) is 13.2 Å². The third-order valence-electron chi connectivity index (χ3n) is 3.67. The number of hydrogen-bond donors (Lipinski definition) is 1. The van der Waals surface area contributed by atoms with Gasteiger partial charge >= 0.3 is 5.97 Å². The van der Waals surface area contributed by atoms with E-state index in [1.807, 2.05) is 18.2 Å². The molecule has 0 aliphatic carbocycles. The van der Waals surface area contributed by atoms with Crippen molar-refractivity contribution in [2.75, 3.05) is 25.1 Å². The molecule has 1 aliphatic rings. The number of sulfonamides is 1. The van der Waals surface area contributed by atoms with E-state index in [-0.39, 0.29) is 24.6 Å². The Morgan fingerprint density at radius 3 is 2.90 bits per heavy atom. The van der Waals surface area contributed by atoms with Crippen LogP contribution in [0, 0.1) is 0 Å². The van der Waals surface area contributed by atoms with E-state index in [1.54, 1.807) is 0 Å². The van der Waals surface area contributed by atoms with Crippen LogP contribution < -0.4 is 5.73 Å². The van der Waals surface area contributed by atoms with E-state index in [4.69, 9.17) is 5.73 Å². The van der Waals surface area contributed by atoms with Crippen molar-refractivity contribution in [1.29, 1.82) is 0 Å². The topological polar surface area (TPSA) is 89.7 Å². The Morgan fingerprint density at radius 2 is 2.19 bits per heavy atom. The van der Waals surface area contributed by atoms with Crippen LogP contribution in [0.1, 0.15) is 24.0 Å². The molecule has 0 amide bonds. The summed E-state index contributed by atoms with van der Waals surface area (Å²) in [5, 5.41) is 0. The molecule has 0 bridgehead atoms. The molecule has 7 heteroatoms. The fraction of sp³-hybridized carbons (Fsp3) is 0.500. The van der Waals surface area contributed by atoms with Gasteiger partial charge in [-0.15, -0.1) is 0 Å². The molecule has 1 aromatic carbocycles. The van der Waals surface area contributed by atoms with Crippen LogP contribution in [0.2, 0.25) is 0 Å². The number of rotatable bonds is 5. The summed E-state index contributed by atoms with van der Waals surface area (Å²) in [4.78, 5) is 11.0. The largest absolute Gasteiger partial charge is 0.469 e. The Kier molecular flexibility index (Phi) is 4.84. The number of carbonyl (C=O) groups is 1. The van der Waals surface area contributed by atoms with Crippen molar-refractivity contribution in [1.82, 2.24) is 4.31 Å². The van der Waals surface area contributed by atoms with Gasteiger partial charge in [-0.2, -0.15) is 4.31 Å². The number of hydrogen-bond acceptors (Lipinski definition) is 5. The predicted octanol–water partition coefficient (Wildman–Crippen LogP) is 0.910. The van der Waals surface area contributed by atoms with Crippen LogP contribution >= 0.6 is 0 Å². The number of nitrogens with zero attached hydrogens (tertiary/aromatic N) is 1. The Morgan fingerprint density at radius 1 is 1.43 bits per heavy atom. The third-order valence-corrected chi connectivity index (χ3v) is 5.57. The van der Waals surface area contributed by atoms with Crippen LogP contribution in [0.3, 0.4) is 0 Å². The van der Waals surface area contributed by atoms with Crippen molar-refractivity contribution >= 4 is 21.7 Å². The molecule has 0 saturated heterocycles. The SMILES string of the molecule is COC(=O)CCCS(=O)(=O)N1CCc2c(N)cccc2C1. The number of nitrogens with two attached hydrogens (primary N) is 1. The van der Waals surface area contributed by atoms with Gasteiger partial charge in [0.25, 0.3) is 0 Å². The molecule has 0 spiro atoms. The van der Waals surface area contributed by atoms with E-state index in [2.05, 4.69) is 4.74 Å². The summed E-state index contributed by atoms with van der Waals surface area (Å²) < 4.78 is 30.6. The zero-order valence-corrected chi connectivity index (χ0v) is 12.9. The highest BCUT2D eigenvalue weighted by Gasteiger charge is 2.27. The highest BCUT2D eigenvalue weighted by Crippen LogP contribution is 2.25. The van der Waals surface area contributed by atoms with Gasteiger partial charge in [0, 0.05) is 25.2 Å². The molecule has 1 aliphatic heterocycles. The van der Waals surface area contributed by atoms with Gasteiger partial charge in [0.2, 0.25) is 10.0 Å². The smallest absolute Gasteiger partial charge is 0.305 e. The van der Waals surface area contributed by atoms with Gasteiger partial charge in [-0.25, -0.2) is 8.42 Å². The van der Waals surface area contributed by atoms with Gasteiger partial charge < -0.3 is 10.5 Å². The molecule has 0 unspecified atom stereocenters. The number of methoxy groups -OCH3 is 1. The number of ether oxygens (including phenoxy) is 1. The Bertz CT molecular complexity index is 628. The molecule has 21 heavy (non-hydrogen) atoms. The van der Waals surface area contributed by atoms with E-state index < -0.39 is 10.0 Å². The average molecular weight is 312 g/mol. The average Bonchev–Trinajstić information content (AvgIpc) is 2.46. The lowest BCUT2D eigenvalue weighted by Crippen LogP contribution is -2.37. The molecule has 0 atom stereocenters. The highest BCUT2D eigenvalue weighted by atomic mass is 32.2. The number of nitrogen functional groups attached to an aromatic ring is 1. The maximum atomic E-state index is 12.3. The monoisotopic (exact) mass is 312 g/mol. The first kappa shape index (κ1) is 15.8.